The summed E-state index contributed by atoms with van der Waals surface area (Å²) in [5.74, 6) is 2.26. The predicted molar refractivity (Wildman–Crippen MR) is 113 cm³/mol. The Balaban J connectivity index is 1.78. The second-order valence-corrected chi connectivity index (χ2v) is 7.84. The lowest BCUT2D eigenvalue weighted by atomic mass is 10.3. The molecule has 138 valence electrons. The summed E-state index contributed by atoms with van der Waals surface area (Å²) in [6.07, 6.45) is 2.50. The van der Waals surface area contributed by atoms with Crippen molar-refractivity contribution in [1.29, 1.82) is 5.26 Å². The normalized spacial score (nSPS) is 10.7. The zero-order valence-corrected chi connectivity index (χ0v) is 16.6. The number of aromatic nitrogens is 2. The minimum atomic E-state index is -0.0890. The number of hydrogen-bond donors (Lipinski definition) is 1. The van der Waals surface area contributed by atoms with Gasteiger partial charge in [-0.3, -0.25) is 4.79 Å². The number of carbonyl (C=O) groups is 1. The maximum absolute atomic E-state index is 12.7. The van der Waals surface area contributed by atoms with Crippen LogP contribution in [0.25, 0.3) is 11.0 Å². The van der Waals surface area contributed by atoms with Crippen LogP contribution in [0.2, 0.25) is 0 Å². The van der Waals surface area contributed by atoms with Gasteiger partial charge in [0.1, 0.15) is 12.4 Å². The van der Waals surface area contributed by atoms with E-state index in [1.54, 1.807) is 23.5 Å². The van der Waals surface area contributed by atoms with E-state index in [2.05, 4.69) is 16.4 Å². The van der Waals surface area contributed by atoms with Gasteiger partial charge in [0.2, 0.25) is 5.91 Å². The third-order valence-corrected chi connectivity index (χ3v) is 5.56. The largest absolute Gasteiger partial charge is 0.324 e. The Hall–Kier alpha value is -2.43. The molecule has 3 rings (SSSR count). The number of amides is 1. The summed E-state index contributed by atoms with van der Waals surface area (Å²) in [6, 6.07) is 17.7. The van der Waals surface area contributed by atoms with Crippen molar-refractivity contribution < 1.29 is 4.79 Å². The number of para-hydroxylation sites is 3. The van der Waals surface area contributed by atoms with Crippen LogP contribution in [0.15, 0.2) is 53.4 Å². The molecule has 3 aromatic rings. The number of fused-ring (bicyclic) bond motifs is 1. The van der Waals surface area contributed by atoms with Gasteiger partial charge in [0, 0.05) is 17.1 Å². The Morgan fingerprint density at radius 2 is 2.00 bits per heavy atom. The quantitative estimate of drug-likeness (QED) is 0.447. The number of carbonyl (C=O) groups excluding carboxylic acids is 1. The van der Waals surface area contributed by atoms with Crippen molar-refractivity contribution in [2.45, 2.75) is 23.6 Å². The Kier molecular flexibility index (Phi) is 6.80. The van der Waals surface area contributed by atoms with Crippen LogP contribution in [0.3, 0.4) is 0 Å². The number of nitriles is 1. The molecule has 0 unspecified atom stereocenters. The van der Waals surface area contributed by atoms with Crippen molar-refractivity contribution in [3.63, 3.8) is 0 Å². The molecule has 27 heavy (non-hydrogen) atoms. The highest BCUT2D eigenvalue weighted by molar-refractivity contribution is 7.99. The zero-order valence-electron chi connectivity index (χ0n) is 15.0. The van der Waals surface area contributed by atoms with E-state index in [-0.39, 0.29) is 12.5 Å². The number of imidazole rings is 1. The van der Waals surface area contributed by atoms with Gasteiger partial charge in [0.05, 0.1) is 28.5 Å². The molecular formula is C20H20N4OS2. The lowest BCUT2D eigenvalue weighted by Gasteiger charge is -2.12. The highest BCUT2D eigenvalue weighted by atomic mass is 32.2. The molecule has 0 aliphatic carbocycles. The first-order chi connectivity index (χ1) is 13.2. The van der Waals surface area contributed by atoms with E-state index in [0.29, 0.717) is 12.2 Å². The van der Waals surface area contributed by atoms with Crippen LogP contribution in [0.1, 0.15) is 12.2 Å². The second-order valence-electron chi connectivity index (χ2n) is 5.84. The number of anilines is 1. The average Bonchev–Trinajstić information content (AvgIpc) is 3.01. The van der Waals surface area contributed by atoms with Crippen LogP contribution in [-0.4, -0.2) is 27.5 Å². The fourth-order valence-electron chi connectivity index (χ4n) is 2.78. The first-order valence-corrected chi connectivity index (χ1v) is 10.9. The van der Waals surface area contributed by atoms with Crippen LogP contribution in [0.5, 0.6) is 0 Å². The van der Waals surface area contributed by atoms with Gasteiger partial charge in [-0.25, -0.2) is 4.98 Å². The third kappa shape index (κ3) is 4.85. The molecule has 0 spiro atoms. The van der Waals surface area contributed by atoms with Crippen LogP contribution >= 0.6 is 23.5 Å². The molecule has 5 nitrogen and oxygen atoms in total. The Labute approximate surface area is 167 Å². The highest BCUT2D eigenvalue weighted by Gasteiger charge is 2.14. The van der Waals surface area contributed by atoms with Gasteiger partial charge in [-0.15, -0.1) is 11.8 Å². The molecule has 1 amide bonds. The molecule has 0 bridgehead atoms. The first kappa shape index (κ1) is 19.3. The van der Waals surface area contributed by atoms with Gasteiger partial charge in [0.25, 0.3) is 0 Å². The molecule has 0 radical (unpaired) electrons. The summed E-state index contributed by atoms with van der Waals surface area (Å²) in [5, 5.41) is 11.7. The fourth-order valence-corrected chi connectivity index (χ4v) is 4.12. The number of rotatable bonds is 8. The molecule has 0 saturated heterocycles. The van der Waals surface area contributed by atoms with Crippen molar-refractivity contribution in [2.75, 3.05) is 17.3 Å². The van der Waals surface area contributed by atoms with Gasteiger partial charge in [0.15, 0.2) is 0 Å². The third-order valence-electron chi connectivity index (χ3n) is 3.94. The molecule has 0 aliphatic rings. The van der Waals surface area contributed by atoms with Crippen LogP contribution in [0.4, 0.5) is 5.69 Å². The molecule has 0 aliphatic heterocycles. The Bertz CT molecular complexity index is 978. The van der Waals surface area contributed by atoms with Crippen molar-refractivity contribution in [3.05, 3.63) is 54.4 Å². The Morgan fingerprint density at radius 1 is 1.22 bits per heavy atom. The molecule has 7 heteroatoms. The minimum absolute atomic E-state index is 0.0890. The SMILES string of the molecule is CSCc1nc2ccccc2n1CC(=O)Nc1ccccc1SCCC#N. The number of nitrogens with zero attached hydrogens (tertiary/aromatic N) is 3. The molecule has 1 heterocycles. The molecule has 0 atom stereocenters. The average molecular weight is 397 g/mol. The fraction of sp³-hybridized carbons (Fsp3) is 0.250. The smallest absolute Gasteiger partial charge is 0.244 e. The molecule has 0 saturated carbocycles. The number of thioether (sulfide) groups is 2. The van der Waals surface area contributed by atoms with E-state index < -0.39 is 0 Å². The van der Waals surface area contributed by atoms with Gasteiger partial charge in [-0.05, 0) is 30.5 Å². The number of hydrogen-bond acceptors (Lipinski definition) is 5. The van der Waals surface area contributed by atoms with Crippen molar-refractivity contribution >= 4 is 46.2 Å². The van der Waals surface area contributed by atoms with Crippen molar-refractivity contribution in [2.24, 2.45) is 0 Å². The summed E-state index contributed by atoms with van der Waals surface area (Å²) < 4.78 is 1.98. The van der Waals surface area contributed by atoms with Gasteiger partial charge >= 0.3 is 0 Å². The van der Waals surface area contributed by atoms with E-state index in [4.69, 9.17) is 5.26 Å². The van der Waals surface area contributed by atoms with Crippen LogP contribution in [-0.2, 0) is 17.1 Å². The summed E-state index contributed by atoms with van der Waals surface area (Å²) in [7, 11) is 0. The van der Waals surface area contributed by atoms with Gasteiger partial charge < -0.3 is 9.88 Å². The Morgan fingerprint density at radius 3 is 2.81 bits per heavy atom. The van der Waals surface area contributed by atoms with Crippen LogP contribution < -0.4 is 5.32 Å². The monoisotopic (exact) mass is 396 g/mol. The van der Waals surface area contributed by atoms with E-state index in [1.807, 2.05) is 59.4 Å². The highest BCUT2D eigenvalue weighted by Crippen LogP contribution is 2.27. The first-order valence-electron chi connectivity index (χ1n) is 8.54. The van der Waals surface area contributed by atoms with E-state index >= 15 is 0 Å². The van der Waals surface area contributed by atoms with Gasteiger partial charge in [-0.2, -0.15) is 17.0 Å². The molecular weight excluding hydrogens is 376 g/mol. The lowest BCUT2D eigenvalue weighted by Crippen LogP contribution is -2.20. The summed E-state index contributed by atoms with van der Waals surface area (Å²) >= 11 is 3.26. The second kappa shape index (κ2) is 9.49. The summed E-state index contributed by atoms with van der Waals surface area (Å²) in [5.41, 5.74) is 2.65. The topological polar surface area (TPSA) is 70.7 Å². The maximum Gasteiger partial charge on any atom is 0.244 e. The van der Waals surface area contributed by atoms with Crippen LogP contribution in [0, 0.1) is 11.3 Å². The van der Waals surface area contributed by atoms with E-state index in [0.717, 1.165) is 33.2 Å². The maximum atomic E-state index is 12.7. The zero-order chi connectivity index (χ0) is 19.1. The van der Waals surface area contributed by atoms with E-state index in [1.165, 1.54) is 0 Å². The molecule has 1 aromatic heterocycles. The molecule has 2 aromatic carbocycles. The number of benzene rings is 2. The molecule has 1 N–H and O–H groups in total. The lowest BCUT2D eigenvalue weighted by molar-refractivity contribution is -0.116. The van der Waals surface area contributed by atoms with Crippen molar-refractivity contribution in [1.82, 2.24) is 9.55 Å². The summed E-state index contributed by atoms with van der Waals surface area (Å²) in [6.45, 7) is 0.216. The summed E-state index contributed by atoms with van der Waals surface area (Å²) in [4.78, 5) is 18.4. The molecule has 0 fully saturated rings. The predicted octanol–water partition coefficient (Wildman–Crippen LogP) is 4.54. The van der Waals surface area contributed by atoms with E-state index in [9.17, 15) is 4.79 Å². The standard InChI is InChI=1S/C20H20N4OS2/c1-26-14-19-22-15-7-2-4-9-17(15)24(19)13-20(25)23-16-8-3-5-10-18(16)27-12-6-11-21/h2-5,7-10H,6,12-14H2,1H3,(H,23,25). The van der Waals surface area contributed by atoms with Crippen molar-refractivity contribution in [3.8, 4) is 6.07 Å². The number of nitrogens with one attached hydrogen (secondary N) is 1. The minimum Gasteiger partial charge on any atom is -0.324 e. The van der Waals surface area contributed by atoms with Gasteiger partial charge in [-0.1, -0.05) is 24.3 Å².